The summed E-state index contributed by atoms with van der Waals surface area (Å²) in [5, 5.41) is 8.00. The lowest BCUT2D eigenvalue weighted by atomic mass is 10.2. The molecular formula is C19H16ClN3O2S. The number of furan rings is 1. The van der Waals surface area contributed by atoms with E-state index in [1.165, 1.54) is 18.0 Å². The summed E-state index contributed by atoms with van der Waals surface area (Å²) in [6.45, 7) is 1.96. The molecule has 0 spiro atoms. The highest BCUT2D eigenvalue weighted by atomic mass is 35.5. The Kier molecular flexibility index (Phi) is 5.99. The summed E-state index contributed by atoms with van der Waals surface area (Å²) in [5.74, 6) is 0.539. The van der Waals surface area contributed by atoms with Crippen molar-refractivity contribution >= 4 is 41.3 Å². The molecular weight excluding hydrogens is 370 g/mol. The number of anilines is 1. The van der Waals surface area contributed by atoms with Crippen LogP contribution in [0.2, 0.25) is 5.02 Å². The van der Waals surface area contributed by atoms with Gasteiger partial charge in [-0.25, -0.2) is 10.2 Å². The van der Waals surface area contributed by atoms with Crippen molar-refractivity contribution in [2.75, 3.05) is 5.32 Å². The second-order valence-corrected chi connectivity index (χ2v) is 6.92. The SMILES string of the molecule is Cc1cccc(NC(=O)N/N=C/c2ccc(Sc3ccc(Cl)cc3)o2)c1. The molecule has 0 fully saturated rings. The van der Waals surface area contributed by atoms with E-state index >= 15 is 0 Å². The van der Waals surface area contributed by atoms with Gasteiger partial charge in [0.25, 0.3) is 0 Å². The van der Waals surface area contributed by atoms with Gasteiger partial charge in [-0.05, 0) is 61.0 Å². The number of carbonyl (C=O) groups excluding carboxylic acids is 1. The molecule has 2 N–H and O–H groups in total. The fourth-order valence-electron chi connectivity index (χ4n) is 2.11. The molecule has 26 heavy (non-hydrogen) atoms. The van der Waals surface area contributed by atoms with Crippen LogP contribution in [-0.2, 0) is 0 Å². The zero-order valence-corrected chi connectivity index (χ0v) is 15.5. The van der Waals surface area contributed by atoms with Gasteiger partial charge in [0, 0.05) is 15.6 Å². The summed E-state index contributed by atoms with van der Waals surface area (Å²) >= 11 is 7.34. The molecule has 0 saturated heterocycles. The third-order valence-electron chi connectivity index (χ3n) is 3.27. The minimum Gasteiger partial charge on any atom is -0.448 e. The number of amides is 2. The quantitative estimate of drug-likeness (QED) is 0.447. The molecule has 1 aromatic heterocycles. The Bertz CT molecular complexity index is 923. The number of hydrogen-bond donors (Lipinski definition) is 2. The van der Waals surface area contributed by atoms with E-state index in [2.05, 4.69) is 15.8 Å². The fraction of sp³-hybridized carbons (Fsp3) is 0.0526. The smallest absolute Gasteiger partial charge is 0.339 e. The molecule has 0 aliphatic carbocycles. The normalized spacial score (nSPS) is 10.8. The molecule has 7 heteroatoms. The summed E-state index contributed by atoms with van der Waals surface area (Å²) in [7, 11) is 0. The van der Waals surface area contributed by atoms with Crippen molar-refractivity contribution in [3.05, 3.63) is 77.0 Å². The number of hydrazone groups is 1. The number of nitrogens with zero attached hydrogens (tertiary/aromatic N) is 1. The van der Waals surface area contributed by atoms with Gasteiger partial charge < -0.3 is 9.73 Å². The van der Waals surface area contributed by atoms with Crippen molar-refractivity contribution in [2.45, 2.75) is 16.9 Å². The number of benzene rings is 2. The third kappa shape index (κ3) is 5.40. The van der Waals surface area contributed by atoms with Crippen LogP contribution in [0, 0.1) is 6.92 Å². The molecule has 0 radical (unpaired) electrons. The molecule has 0 unspecified atom stereocenters. The molecule has 3 aromatic rings. The van der Waals surface area contributed by atoms with Gasteiger partial charge in [-0.2, -0.15) is 5.10 Å². The van der Waals surface area contributed by atoms with E-state index in [-0.39, 0.29) is 0 Å². The lowest BCUT2D eigenvalue weighted by Gasteiger charge is -2.04. The summed E-state index contributed by atoms with van der Waals surface area (Å²) in [4.78, 5) is 12.8. The van der Waals surface area contributed by atoms with Crippen LogP contribution in [0.15, 0.2) is 80.2 Å². The summed E-state index contributed by atoms with van der Waals surface area (Å²) in [6.07, 6.45) is 1.45. The van der Waals surface area contributed by atoms with Crippen LogP contribution < -0.4 is 10.7 Å². The fourth-order valence-corrected chi connectivity index (χ4v) is 3.02. The summed E-state index contributed by atoms with van der Waals surface area (Å²) in [5.41, 5.74) is 4.17. The van der Waals surface area contributed by atoms with Crippen LogP contribution in [-0.4, -0.2) is 12.2 Å². The Morgan fingerprint density at radius 2 is 1.96 bits per heavy atom. The van der Waals surface area contributed by atoms with Crippen molar-refractivity contribution in [3.63, 3.8) is 0 Å². The first kappa shape index (κ1) is 18.1. The van der Waals surface area contributed by atoms with Crippen LogP contribution in [0.4, 0.5) is 10.5 Å². The summed E-state index contributed by atoms with van der Waals surface area (Å²) < 4.78 is 5.64. The average molecular weight is 386 g/mol. The molecule has 1 heterocycles. The van der Waals surface area contributed by atoms with Crippen LogP contribution in [0.5, 0.6) is 0 Å². The van der Waals surface area contributed by atoms with Crippen LogP contribution >= 0.6 is 23.4 Å². The topological polar surface area (TPSA) is 66.6 Å². The zero-order valence-electron chi connectivity index (χ0n) is 13.9. The van der Waals surface area contributed by atoms with Crippen molar-refractivity contribution < 1.29 is 9.21 Å². The molecule has 0 atom stereocenters. The first-order valence-electron chi connectivity index (χ1n) is 7.78. The van der Waals surface area contributed by atoms with Gasteiger partial charge in [-0.1, -0.05) is 35.5 Å². The second kappa shape index (κ2) is 8.60. The summed E-state index contributed by atoms with van der Waals surface area (Å²) in [6, 6.07) is 18.2. The van der Waals surface area contributed by atoms with Gasteiger partial charge in [0.15, 0.2) is 5.09 Å². The Hall–Kier alpha value is -2.70. The molecule has 2 aromatic carbocycles. The van der Waals surface area contributed by atoms with Gasteiger partial charge in [-0.3, -0.25) is 0 Å². The van der Waals surface area contributed by atoms with Gasteiger partial charge in [-0.15, -0.1) is 0 Å². The van der Waals surface area contributed by atoms with Crippen LogP contribution in [0.3, 0.4) is 0 Å². The van der Waals surface area contributed by atoms with E-state index in [0.717, 1.165) is 15.6 Å². The second-order valence-electron chi connectivity index (χ2n) is 5.41. The highest BCUT2D eigenvalue weighted by molar-refractivity contribution is 7.99. The highest BCUT2D eigenvalue weighted by Crippen LogP contribution is 2.29. The number of nitrogens with one attached hydrogen (secondary N) is 2. The van der Waals surface area contributed by atoms with E-state index in [0.29, 0.717) is 16.5 Å². The van der Waals surface area contributed by atoms with Crippen molar-refractivity contribution in [2.24, 2.45) is 5.10 Å². The predicted octanol–water partition coefficient (Wildman–Crippen LogP) is 5.55. The molecule has 5 nitrogen and oxygen atoms in total. The highest BCUT2D eigenvalue weighted by Gasteiger charge is 2.04. The average Bonchev–Trinajstić information content (AvgIpc) is 3.04. The predicted molar refractivity (Wildman–Crippen MR) is 105 cm³/mol. The first-order chi connectivity index (χ1) is 12.6. The standard InChI is InChI=1S/C19H16ClN3O2S/c1-13-3-2-4-15(11-13)22-19(24)23-21-12-16-7-10-18(25-16)26-17-8-5-14(20)6-9-17/h2-12H,1H3,(H2,22,23,24)/b21-12+. The maximum Gasteiger partial charge on any atom is 0.339 e. The molecule has 0 aliphatic heterocycles. The molecule has 3 rings (SSSR count). The van der Waals surface area contributed by atoms with Gasteiger partial charge in [0.1, 0.15) is 5.76 Å². The largest absolute Gasteiger partial charge is 0.448 e. The maximum atomic E-state index is 11.8. The minimum absolute atomic E-state index is 0.422. The number of carbonyl (C=O) groups is 1. The minimum atomic E-state index is -0.422. The van der Waals surface area contributed by atoms with E-state index in [4.69, 9.17) is 16.0 Å². The lowest BCUT2D eigenvalue weighted by molar-refractivity contribution is 0.252. The maximum absolute atomic E-state index is 11.8. The molecule has 0 bridgehead atoms. The Balaban J connectivity index is 1.51. The Labute approximate surface area is 160 Å². The monoisotopic (exact) mass is 385 g/mol. The van der Waals surface area contributed by atoms with Crippen molar-refractivity contribution in [1.82, 2.24) is 5.43 Å². The number of hydrogen-bond acceptors (Lipinski definition) is 4. The van der Waals surface area contributed by atoms with Crippen molar-refractivity contribution in [1.29, 1.82) is 0 Å². The van der Waals surface area contributed by atoms with Crippen molar-refractivity contribution in [3.8, 4) is 0 Å². The molecule has 132 valence electrons. The first-order valence-corrected chi connectivity index (χ1v) is 8.98. The van der Waals surface area contributed by atoms with Gasteiger partial charge >= 0.3 is 6.03 Å². The van der Waals surface area contributed by atoms with Gasteiger partial charge in [0.05, 0.1) is 6.21 Å². The lowest BCUT2D eigenvalue weighted by Crippen LogP contribution is -2.24. The number of rotatable bonds is 5. The van der Waals surface area contributed by atoms with E-state index in [1.54, 1.807) is 6.07 Å². The number of aryl methyl sites for hydroxylation is 1. The van der Waals surface area contributed by atoms with E-state index < -0.39 is 6.03 Å². The number of urea groups is 1. The van der Waals surface area contributed by atoms with Gasteiger partial charge in [0.2, 0.25) is 0 Å². The third-order valence-corrected chi connectivity index (χ3v) is 4.45. The molecule has 0 saturated carbocycles. The molecule has 2 amide bonds. The Morgan fingerprint density at radius 1 is 1.15 bits per heavy atom. The van der Waals surface area contributed by atoms with E-state index in [9.17, 15) is 4.79 Å². The van der Waals surface area contributed by atoms with Crippen LogP contribution in [0.1, 0.15) is 11.3 Å². The zero-order chi connectivity index (χ0) is 18.4. The Morgan fingerprint density at radius 3 is 2.73 bits per heavy atom. The molecule has 0 aliphatic rings. The van der Waals surface area contributed by atoms with E-state index in [1.807, 2.05) is 61.5 Å². The van der Waals surface area contributed by atoms with Crippen LogP contribution in [0.25, 0.3) is 0 Å². The number of halogens is 1.